The second-order valence-electron chi connectivity index (χ2n) is 7.65. The molecule has 4 rings (SSSR count). The van der Waals surface area contributed by atoms with Gasteiger partial charge in [0.15, 0.2) is 11.4 Å². The van der Waals surface area contributed by atoms with Crippen LogP contribution in [0.3, 0.4) is 0 Å². The summed E-state index contributed by atoms with van der Waals surface area (Å²) >= 11 is 0. The number of nitrogens with zero attached hydrogens (tertiary/aromatic N) is 2. The average Bonchev–Trinajstić information content (AvgIpc) is 3.29. The van der Waals surface area contributed by atoms with Gasteiger partial charge in [0, 0.05) is 5.56 Å². The highest BCUT2D eigenvalue weighted by molar-refractivity contribution is 7.87. The smallest absolute Gasteiger partial charge is 0.357 e. The van der Waals surface area contributed by atoms with E-state index in [1.165, 1.54) is 36.1 Å². The van der Waals surface area contributed by atoms with Crippen molar-refractivity contribution in [3.63, 3.8) is 0 Å². The summed E-state index contributed by atoms with van der Waals surface area (Å²) in [7, 11) is -1.88. The van der Waals surface area contributed by atoms with Crippen molar-refractivity contribution in [2.45, 2.75) is 11.8 Å². The molecule has 36 heavy (non-hydrogen) atoms. The molecular formula is C26H22N2O7S. The fourth-order valence-electron chi connectivity index (χ4n) is 3.55. The van der Waals surface area contributed by atoms with E-state index in [-0.39, 0.29) is 33.2 Å². The molecule has 0 saturated heterocycles. The monoisotopic (exact) mass is 506 g/mol. The molecule has 0 amide bonds. The van der Waals surface area contributed by atoms with Crippen LogP contribution in [0.15, 0.2) is 83.8 Å². The van der Waals surface area contributed by atoms with Crippen molar-refractivity contribution in [1.82, 2.24) is 9.78 Å². The van der Waals surface area contributed by atoms with E-state index in [1.807, 2.05) is 6.92 Å². The van der Waals surface area contributed by atoms with Crippen LogP contribution in [0, 0.1) is 6.92 Å². The van der Waals surface area contributed by atoms with Gasteiger partial charge in [-0.15, -0.1) is 0 Å². The lowest BCUT2D eigenvalue weighted by Gasteiger charge is -2.11. The third-order valence-electron chi connectivity index (χ3n) is 5.31. The molecule has 0 aliphatic heterocycles. The van der Waals surface area contributed by atoms with Crippen molar-refractivity contribution < 1.29 is 31.7 Å². The zero-order valence-corrected chi connectivity index (χ0v) is 20.5. The molecule has 10 heteroatoms. The maximum Gasteiger partial charge on any atom is 0.357 e. The van der Waals surface area contributed by atoms with Crippen molar-refractivity contribution in [3.05, 3.63) is 95.7 Å². The average molecular weight is 507 g/mol. The van der Waals surface area contributed by atoms with Crippen LogP contribution in [-0.2, 0) is 19.6 Å². The summed E-state index contributed by atoms with van der Waals surface area (Å²) in [4.78, 5) is 25.7. The number of para-hydroxylation sites is 2. The van der Waals surface area contributed by atoms with Gasteiger partial charge in [-0.2, -0.15) is 13.5 Å². The van der Waals surface area contributed by atoms with Gasteiger partial charge in [-0.05, 0) is 43.3 Å². The molecule has 4 aromatic rings. The van der Waals surface area contributed by atoms with E-state index < -0.39 is 22.1 Å². The third kappa shape index (κ3) is 4.71. The van der Waals surface area contributed by atoms with E-state index in [0.29, 0.717) is 5.69 Å². The third-order valence-corrected chi connectivity index (χ3v) is 6.55. The maximum atomic E-state index is 13.0. The predicted molar refractivity (Wildman–Crippen MR) is 131 cm³/mol. The van der Waals surface area contributed by atoms with Crippen LogP contribution >= 0.6 is 0 Å². The lowest BCUT2D eigenvalue weighted by atomic mass is 10.0. The van der Waals surface area contributed by atoms with Gasteiger partial charge in [0.1, 0.15) is 16.2 Å². The topological polar surface area (TPSA) is 114 Å². The molecule has 3 aromatic carbocycles. The Labute approximate surface area is 208 Å². The van der Waals surface area contributed by atoms with Crippen LogP contribution in [0.4, 0.5) is 0 Å². The number of aromatic nitrogens is 2. The lowest BCUT2D eigenvalue weighted by molar-refractivity contribution is 0.0549. The van der Waals surface area contributed by atoms with Gasteiger partial charge in [-0.3, -0.25) is 0 Å². The normalized spacial score (nSPS) is 11.1. The van der Waals surface area contributed by atoms with E-state index in [9.17, 15) is 18.0 Å². The largest absolute Gasteiger partial charge is 0.465 e. The Bertz CT molecular complexity index is 1530. The van der Waals surface area contributed by atoms with Crippen LogP contribution < -0.4 is 4.18 Å². The standard InChI is InChI=1S/C26H22N2O7S/c1-17-13-15-19(16-14-17)36(31,32)35-21-12-8-7-11-20(21)23-22(25(29)33-2)24(26(30)34-3)28(27-23)18-9-5-4-6-10-18/h4-16H,1-3H3. The molecule has 0 bridgehead atoms. The molecule has 0 spiro atoms. The first-order valence-corrected chi connectivity index (χ1v) is 12.1. The molecule has 0 unspecified atom stereocenters. The number of rotatable bonds is 7. The van der Waals surface area contributed by atoms with Crippen molar-refractivity contribution >= 4 is 22.1 Å². The quantitative estimate of drug-likeness (QED) is 0.271. The van der Waals surface area contributed by atoms with Gasteiger partial charge in [0.05, 0.1) is 19.9 Å². The molecule has 1 heterocycles. The van der Waals surface area contributed by atoms with Crippen LogP contribution in [0.25, 0.3) is 16.9 Å². The second kappa shape index (κ2) is 10.0. The Balaban J connectivity index is 1.94. The van der Waals surface area contributed by atoms with Crippen molar-refractivity contribution in [1.29, 1.82) is 0 Å². The van der Waals surface area contributed by atoms with E-state index in [2.05, 4.69) is 5.10 Å². The highest BCUT2D eigenvalue weighted by Gasteiger charge is 2.33. The number of hydrogen-bond acceptors (Lipinski definition) is 8. The molecule has 0 fully saturated rings. The van der Waals surface area contributed by atoms with Crippen LogP contribution in [-0.4, -0.2) is 44.4 Å². The zero-order valence-electron chi connectivity index (χ0n) is 19.7. The molecule has 0 atom stereocenters. The highest BCUT2D eigenvalue weighted by Crippen LogP contribution is 2.36. The first kappa shape index (κ1) is 24.7. The van der Waals surface area contributed by atoms with Gasteiger partial charge >= 0.3 is 22.1 Å². The number of carbonyl (C=O) groups excluding carboxylic acids is 2. The molecule has 0 N–H and O–H groups in total. The molecule has 0 radical (unpaired) electrons. The first-order chi connectivity index (χ1) is 17.3. The summed E-state index contributed by atoms with van der Waals surface area (Å²) in [5.74, 6) is -1.77. The Kier molecular flexibility index (Phi) is 6.89. The predicted octanol–water partition coefficient (Wildman–Crippen LogP) is 4.19. The Morgan fingerprint density at radius 3 is 2.06 bits per heavy atom. The second-order valence-corrected chi connectivity index (χ2v) is 9.20. The molecule has 0 saturated carbocycles. The summed E-state index contributed by atoms with van der Waals surface area (Å²) < 4.78 is 42.6. The Hall–Kier alpha value is -4.44. The van der Waals surface area contributed by atoms with E-state index in [4.69, 9.17) is 13.7 Å². The summed E-state index contributed by atoms with van der Waals surface area (Å²) in [6.45, 7) is 1.84. The van der Waals surface area contributed by atoms with Gasteiger partial charge < -0.3 is 13.7 Å². The Morgan fingerprint density at radius 2 is 1.42 bits per heavy atom. The number of methoxy groups -OCH3 is 2. The molecule has 0 aliphatic carbocycles. The number of aryl methyl sites for hydroxylation is 1. The first-order valence-electron chi connectivity index (χ1n) is 10.7. The van der Waals surface area contributed by atoms with Crippen molar-refractivity contribution in [3.8, 4) is 22.7 Å². The SMILES string of the molecule is COC(=O)c1c(-c2ccccc2OS(=O)(=O)c2ccc(C)cc2)nn(-c2ccccc2)c1C(=O)OC. The van der Waals surface area contributed by atoms with Gasteiger partial charge in [-0.1, -0.05) is 48.0 Å². The Morgan fingerprint density at radius 1 is 0.806 bits per heavy atom. The number of benzene rings is 3. The number of ether oxygens (including phenoxy) is 2. The van der Waals surface area contributed by atoms with E-state index in [1.54, 1.807) is 54.6 Å². The molecule has 184 valence electrons. The van der Waals surface area contributed by atoms with Crippen LogP contribution in [0.2, 0.25) is 0 Å². The number of hydrogen-bond donors (Lipinski definition) is 0. The molecule has 1 aromatic heterocycles. The van der Waals surface area contributed by atoms with Crippen LogP contribution in [0.1, 0.15) is 26.4 Å². The number of esters is 2. The molecular weight excluding hydrogens is 484 g/mol. The van der Waals surface area contributed by atoms with Crippen molar-refractivity contribution in [2.75, 3.05) is 14.2 Å². The maximum absolute atomic E-state index is 13.0. The lowest BCUT2D eigenvalue weighted by Crippen LogP contribution is -2.15. The minimum atomic E-state index is -4.22. The minimum absolute atomic E-state index is 0.0131. The van der Waals surface area contributed by atoms with Gasteiger partial charge in [0.2, 0.25) is 0 Å². The summed E-state index contributed by atoms with van der Waals surface area (Å²) in [6, 6.07) is 21.0. The van der Waals surface area contributed by atoms with Crippen molar-refractivity contribution in [2.24, 2.45) is 0 Å². The summed E-state index contributed by atoms with van der Waals surface area (Å²) in [6.07, 6.45) is 0. The number of carbonyl (C=O) groups is 2. The highest BCUT2D eigenvalue weighted by atomic mass is 32.2. The summed E-state index contributed by atoms with van der Waals surface area (Å²) in [5.41, 5.74) is 1.13. The minimum Gasteiger partial charge on any atom is -0.465 e. The summed E-state index contributed by atoms with van der Waals surface area (Å²) in [5, 5.41) is 4.50. The molecule has 0 aliphatic rings. The van der Waals surface area contributed by atoms with Crippen LogP contribution in [0.5, 0.6) is 5.75 Å². The fourth-order valence-corrected chi connectivity index (χ4v) is 4.50. The molecule has 9 nitrogen and oxygen atoms in total. The van der Waals surface area contributed by atoms with E-state index >= 15 is 0 Å². The fraction of sp³-hybridized carbons (Fsp3) is 0.115. The zero-order chi connectivity index (χ0) is 25.9. The van der Waals surface area contributed by atoms with E-state index in [0.717, 1.165) is 12.7 Å². The van der Waals surface area contributed by atoms with Gasteiger partial charge in [0.25, 0.3) is 0 Å². The van der Waals surface area contributed by atoms with Gasteiger partial charge in [-0.25, -0.2) is 14.3 Å².